The number of anilines is 1. The van der Waals surface area contributed by atoms with Crippen molar-refractivity contribution in [1.29, 1.82) is 0 Å². The van der Waals surface area contributed by atoms with Gasteiger partial charge in [0.1, 0.15) is 6.04 Å². The van der Waals surface area contributed by atoms with Gasteiger partial charge in [0.25, 0.3) is 5.91 Å². The second-order valence-electron chi connectivity index (χ2n) is 8.02. The lowest BCUT2D eigenvalue weighted by Crippen LogP contribution is -2.49. The van der Waals surface area contributed by atoms with Gasteiger partial charge in [-0.2, -0.15) is 0 Å². The van der Waals surface area contributed by atoms with E-state index in [2.05, 4.69) is 10.6 Å². The van der Waals surface area contributed by atoms with Crippen molar-refractivity contribution in [3.63, 3.8) is 0 Å². The summed E-state index contributed by atoms with van der Waals surface area (Å²) in [5.74, 6) is -0.833. The summed E-state index contributed by atoms with van der Waals surface area (Å²) in [4.78, 5) is 42.3. The van der Waals surface area contributed by atoms with Crippen molar-refractivity contribution >= 4 is 46.1 Å². The Kier molecular flexibility index (Phi) is 7.91. The van der Waals surface area contributed by atoms with E-state index >= 15 is 0 Å². The zero-order valence-electron chi connectivity index (χ0n) is 18.2. The Labute approximate surface area is 201 Å². The molecule has 0 aliphatic heterocycles. The highest BCUT2D eigenvalue weighted by Gasteiger charge is 2.34. The van der Waals surface area contributed by atoms with Crippen molar-refractivity contribution in [2.45, 2.75) is 44.2 Å². The van der Waals surface area contributed by atoms with Crippen LogP contribution in [0.2, 0.25) is 0 Å². The van der Waals surface area contributed by atoms with Crippen LogP contribution in [0.3, 0.4) is 0 Å². The van der Waals surface area contributed by atoms with Crippen LogP contribution in [0.25, 0.3) is 0 Å². The topological polar surface area (TPSA) is 78.5 Å². The lowest BCUT2D eigenvalue weighted by molar-refractivity contribution is -0.126. The summed E-state index contributed by atoms with van der Waals surface area (Å²) in [5.41, 5.74) is 0.616. The fraction of sp³-hybridized carbons (Fsp3) is 0.320. The molecule has 0 bridgehead atoms. The monoisotopic (exact) mass is 481 g/mol. The van der Waals surface area contributed by atoms with Gasteiger partial charge in [0.2, 0.25) is 11.8 Å². The number of nitrogens with zero attached hydrogens (tertiary/aromatic N) is 1. The molecule has 2 heterocycles. The van der Waals surface area contributed by atoms with Gasteiger partial charge in [-0.25, -0.2) is 0 Å². The molecular weight excluding hydrogens is 454 g/mol. The summed E-state index contributed by atoms with van der Waals surface area (Å²) in [6.07, 6.45) is 5.31. The number of rotatable bonds is 8. The summed E-state index contributed by atoms with van der Waals surface area (Å²) < 4.78 is 0. The van der Waals surface area contributed by atoms with Crippen LogP contribution in [-0.2, 0) is 9.59 Å². The molecule has 1 atom stereocenters. The van der Waals surface area contributed by atoms with Gasteiger partial charge in [-0.3, -0.25) is 19.3 Å². The van der Waals surface area contributed by atoms with Crippen LogP contribution < -0.4 is 15.5 Å². The molecule has 2 aromatic heterocycles. The Bertz CT molecular complexity index is 1050. The fourth-order valence-electron chi connectivity index (χ4n) is 4.11. The first kappa shape index (κ1) is 23.2. The molecule has 172 valence electrons. The summed E-state index contributed by atoms with van der Waals surface area (Å²) >= 11 is 2.76. The molecule has 1 fully saturated rings. The first-order valence-electron chi connectivity index (χ1n) is 11.2. The van der Waals surface area contributed by atoms with Crippen LogP contribution in [0, 0.1) is 0 Å². The van der Waals surface area contributed by atoms with Gasteiger partial charge in [0, 0.05) is 16.6 Å². The number of carbonyl (C=O) groups excluding carboxylic acids is 3. The molecule has 1 aliphatic rings. The predicted octanol–water partition coefficient (Wildman–Crippen LogP) is 4.76. The minimum Gasteiger partial charge on any atom is -0.351 e. The normalized spacial score (nSPS) is 14.9. The number of carbonyl (C=O) groups is 3. The number of nitrogens with one attached hydrogen (secondary N) is 2. The standard InChI is InChI=1S/C25H27N3O3S2/c29-22(17-26-24(30)21-14-8-16-33-21)28(19-11-5-2-6-12-19)23(20-13-7-15-32-20)25(31)27-18-9-3-1-4-10-18/h2,5-8,11-16,18,23H,1,3-4,9-10,17H2,(H,26,30)(H,27,31)/t23-/m0/s1. The summed E-state index contributed by atoms with van der Waals surface area (Å²) in [6.45, 7) is -0.204. The van der Waals surface area contributed by atoms with Crippen molar-refractivity contribution in [1.82, 2.24) is 10.6 Å². The van der Waals surface area contributed by atoms with E-state index in [0.717, 1.165) is 30.6 Å². The van der Waals surface area contributed by atoms with Gasteiger partial charge >= 0.3 is 0 Å². The Morgan fingerprint density at radius 1 is 0.909 bits per heavy atom. The molecule has 4 rings (SSSR count). The Hall–Kier alpha value is -2.97. The predicted molar refractivity (Wildman–Crippen MR) is 133 cm³/mol. The van der Waals surface area contributed by atoms with Crippen LogP contribution in [0.1, 0.15) is 52.7 Å². The highest BCUT2D eigenvalue weighted by Crippen LogP contribution is 2.31. The van der Waals surface area contributed by atoms with Crippen molar-refractivity contribution in [2.75, 3.05) is 11.4 Å². The third-order valence-corrected chi connectivity index (χ3v) is 7.51. The third-order valence-electron chi connectivity index (χ3n) is 5.72. The molecule has 3 aromatic rings. The zero-order valence-corrected chi connectivity index (χ0v) is 19.9. The number of amides is 3. The Balaban J connectivity index is 1.60. The number of hydrogen-bond donors (Lipinski definition) is 2. The average molecular weight is 482 g/mol. The van der Waals surface area contributed by atoms with Crippen LogP contribution in [-0.4, -0.2) is 30.3 Å². The Morgan fingerprint density at radius 3 is 2.30 bits per heavy atom. The van der Waals surface area contributed by atoms with Gasteiger partial charge in [-0.1, -0.05) is 49.6 Å². The molecule has 3 amide bonds. The average Bonchev–Trinajstić information content (AvgIpc) is 3.56. The van der Waals surface area contributed by atoms with Crippen LogP contribution in [0.5, 0.6) is 0 Å². The molecule has 0 radical (unpaired) electrons. The van der Waals surface area contributed by atoms with E-state index in [9.17, 15) is 14.4 Å². The van der Waals surface area contributed by atoms with Gasteiger partial charge in [-0.15, -0.1) is 22.7 Å². The maximum Gasteiger partial charge on any atom is 0.261 e. The largest absolute Gasteiger partial charge is 0.351 e. The smallest absolute Gasteiger partial charge is 0.261 e. The molecule has 1 aliphatic carbocycles. The number of thiophene rings is 2. The number of hydrogen-bond acceptors (Lipinski definition) is 5. The number of para-hydroxylation sites is 1. The lowest BCUT2D eigenvalue weighted by Gasteiger charge is -2.32. The molecule has 0 spiro atoms. The van der Waals surface area contributed by atoms with E-state index in [1.54, 1.807) is 12.1 Å². The van der Waals surface area contributed by atoms with Gasteiger partial charge in [0.15, 0.2) is 0 Å². The highest BCUT2D eigenvalue weighted by atomic mass is 32.1. The number of benzene rings is 1. The lowest BCUT2D eigenvalue weighted by atomic mass is 9.95. The van der Waals surface area contributed by atoms with E-state index in [1.807, 2.05) is 53.2 Å². The quantitative estimate of drug-likeness (QED) is 0.487. The minimum absolute atomic E-state index is 0.125. The zero-order chi connectivity index (χ0) is 23.0. The molecule has 1 aromatic carbocycles. The maximum atomic E-state index is 13.6. The third kappa shape index (κ3) is 5.89. The summed E-state index contributed by atoms with van der Waals surface area (Å²) in [6, 6.07) is 15.8. The van der Waals surface area contributed by atoms with Gasteiger partial charge in [-0.05, 0) is 47.9 Å². The molecule has 0 unspecified atom stereocenters. The van der Waals surface area contributed by atoms with E-state index in [0.29, 0.717) is 10.6 Å². The molecule has 6 nitrogen and oxygen atoms in total. The van der Waals surface area contributed by atoms with Crippen molar-refractivity contribution in [3.05, 3.63) is 75.1 Å². The molecule has 1 saturated carbocycles. The SMILES string of the molecule is O=C(NCC(=O)N(c1ccccc1)[C@H](C(=O)NC1CCCCC1)c1cccs1)c1cccs1. The van der Waals surface area contributed by atoms with Crippen LogP contribution in [0.15, 0.2) is 65.4 Å². The second kappa shape index (κ2) is 11.2. The maximum absolute atomic E-state index is 13.6. The van der Waals surface area contributed by atoms with Crippen LogP contribution >= 0.6 is 22.7 Å². The molecule has 33 heavy (non-hydrogen) atoms. The minimum atomic E-state index is -0.805. The fourth-order valence-corrected chi connectivity index (χ4v) is 5.56. The molecule has 0 saturated heterocycles. The van der Waals surface area contributed by atoms with E-state index in [-0.39, 0.29) is 30.3 Å². The first-order chi connectivity index (χ1) is 16.1. The molecule has 8 heteroatoms. The highest BCUT2D eigenvalue weighted by molar-refractivity contribution is 7.12. The summed E-state index contributed by atoms with van der Waals surface area (Å²) in [7, 11) is 0. The summed E-state index contributed by atoms with van der Waals surface area (Å²) in [5, 5.41) is 9.62. The van der Waals surface area contributed by atoms with Crippen molar-refractivity contribution < 1.29 is 14.4 Å². The van der Waals surface area contributed by atoms with Gasteiger partial charge < -0.3 is 10.6 Å². The van der Waals surface area contributed by atoms with E-state index < -0.39 is 6.04 Å². The van der Waals surface area contributed by atoms with E-state index in [1.165, 1.54) is 34.0 Å². The second-order valence-corrected chi connectivity index (χ2v) is 9.95. The molecule has 2 N–H and O–H groups in total. The van der Waals surface area contributed by atoms with Crippen molar-refractivity contribution in [2.24, 2.45) is 0 Å². The first-order valence-corrected chi connectivity index (χ1v) is 12.9. The van der Waals surface area contributed by atoms with Crippen molar-refractivity contribution in [3.8, 4) is 0 Å². The Morgan fingerprint density at radius 2 is 1.64 bits per heavy atom. The van der Waals surface area contributed by atoms with Gasteiger partial charge in [0.05, 0.1) is 11.4 Å². The van der Waals surface area contributed by atoms with Crippen LogP contribution in [0.4, 0.5) is 5.69 Å². The van der Waals surface area contributed by atoms with E-state index in [4.69, 9.17) is 0 Å². The molecular formula is C25H27N3O3S2.